The molecule has 0 radical (unpaired) electrons. The van der Waals surface area contributed by atoms with Gasteiger partial charge in [-0.3, -0.25) is 9.59 Å². The number of alkyl halides is 2. The van der Waals surface area contributed by atoms with Gasteiger partial charge in [0.15, 0.2) is 5.92 Å². The summed E-state index contributed by atoms with van der Waals surface area (Å²) in [5.41, 5.74) is 0. The maximum absolute atomic E-state index is 11.3. The lowest BCUT2D eigenvalue weighted by Gasteiger charge is -2.04. The van der Waals surface area contributed by atoms with Crippen molar-refractivity contribution in [1.82, 2.24) is 0 Å². The quantitative estimate of drug-likeness (QED) is 0.491. The molecule has 0 spiro atoms. The fourth-order valence-corrected chi connectivity index (χ4v) is 0.291. The van der Waals surface area contributed by atoms with E-state index in [0.29, 0.717) is 0 Å². The Hall–Kier alpha value is -1.20. The molecule has 11 heavy (non-hydrogen) atoms. The molecule has 0 aromatic heterocycles. The number of rotatable bonds is 3. The topological polar surface area (TPSA) is 63.6 Å². The zero-order valence-electron chi connectivity index (χ0n) is 5.58. The minimum absolute atomic E-state index is 0.965. The predicted octanol–water partition coefficient (Wildman–Crippen LogP) is 0.473. The number of hydrogen-bond donors (Lipinski definition) is 1. The summed E-state index contributed by atoms with van der Waals surface area (Å²) in [6.07, 6.45) is 0. The number of carbonyl (C=O) groups is 2. The summed E-state index contributed by atoms with van der Waals surface area (Å²) in [5, 5.41) is 8.12. The van der Waals surface area contributed by atoms with Gasteiger partial charge in [-0.2, -0.15) is 8.78 Å². The van der Waals surface area contributed by atoms with Crippen LogP contribution in [0.2, 0.25) is 0 Å². The molecule has 0 fully saturated rings. The number of carbonyl (C=O) groups excluding carboxylic acids is 1. The Kier molecular flexibility index (Phi) is 3.43. The summed E-state index contributed by atoms with van der Waals surface area (Å²) < 4.78 is 25.9. The van der Waals surface area contributed by atoms with Crippen LogP contribution < -0.4 is 0 Å². The molecule has 0 aliphatic carbocycles. The molecule has 1 unspecified atom stereocenters. The zero-order chi connectivity index (χ0) is 9.02. The number of halogens is 2. The predicted molar refractivity (Wildman–Crippen MR) is 28.9 cm³/mol. The molecule has 0 bridgehead atoms. The van der Waals surface area contributed by atoms with Crippen molar-refractivity contribution in [3.8, 4) is 0 Å². The molecule has 0 heterocycles. The number of esters is 1. The third kappa shape index (κ3) is 3.49. The summed E-state index contributed by atoms with van der Waals surface area (Å²) in [7, 11) is 0. The highest BCUT2D eigenvalue weighted by molar-refractivity contribution is 5.93. The molecule has 0 rings (SSSR count). The summed E-state index contributed by atoms with van der Waals surface area (Å²) in [5.74, 6) is -4.48. The van der Waals surface area contributed by atoms with Crippen molar-refractivity contribution in [3.63, 3.8) is 0 Å². The fourth-order valence-electron chi connectivity index (χ4n) is 0.291. The minimum Gasteiger partial charge on any atom is -0.481 e. The van der Waals surface area contributed by atoms with Crippen molar-refractivity contribution in [2.75, 3.05) is 0 Å². The van der Waals surface area contributed by atoms with Crippen molar-refractivity contribution in [2.24, 2.45) is 5.92 Å². The summed E-state index contributed by atoms with van der Waals surface area (Å²) in [6, 6.07) is 0. The first-order valence-corrected chi connectivity index (χ1v) is 2.66. The van der Waals surface area contributed by atoms with Crippen LogP contribution in [0.3, 0.4) is 0 Å². The van der Waals surface area contributed by atoms with E-state index in [1.807, 2.05) is 0 Å². The van der Waals surface area contributed by atoms with Crippen LogP contribution in [-0.2, 0) is 14.3 Å². The first kappa shape index (κ1) is 9.80. The molecular formula is C5H6F2O4. The van der Waals surface area contributed by atoms with Gasteiger partial charge in [0.1, 0.15) is 0 Å². The summed E-state index contributed by atoms with van der Waals surface area (Å²) in [4.78, 5) is 20.3. The lowest BCUT2D eigenvalue weighted by molar-refractivity contribution is -0.183. The average molecular weight is 168 g/mol. The Morgan fingerprint density at radius 1 is 1.45 bits per heavy atom. The van der Waals surface area contributed by atoms with Gasteiger partial charge < -0.3 is 9.84 Å². The van der Waals surface area contributed by atoms with Gasteiger partial charge in [-0.15, -0.1) is 0 Å². The highest BCUT2D eigenvalue weighted by Gasteiger charge is 2.24. The van der Waals surface area contributed by atoms with Gasteiger partial charge in [0.05, 0.1) is 0 Å². The van der Waals surface area contributed by atoms with Gasteiger partial charge in [-0.05, 0) is 6.92 Å². The molecule has 0 saturated heterocycles. The van der Waals surface area contributed by atoms with Crippen molar-refractivity contribution in [2.45, 2.75) is 13.5 Å². The van der Waals surface area contributed by atoms with Crippen LogP contribution >= 0.6 is 0 Å². The van der Waals surface area contributed by atoms with Crippen molar-refractivity contribution in [3.05, 3.63) is 0 Å². The first-order valence-electron chi connectivity index (χ1n) is 2.66. The van der Waals surface area contributed by atoms with Gasteiger partial charge in [0.2, 0.25) is 0 Å². The molecule has 0 aromatic rings. The van der Waals surface area contributed by atoms with E-state index in [1.165, 1.54) is 0 Å². The van der Waals surface area contributed by atoms with Gasteiger partial charge in [-0.25, -0.2) is 0 Å². The Labute approximate surface area is 60.8 Å². The van der Waals surface area contributed by atoms with Crippen LogP contribution in [0.25, 0.3) is 0 Å². The van der Waals surface area contributed by atoms with Gasteiger partial charge >= 0.3 is 18.6 Å². The van der Waals surface area contributed by atoms with Crippen molar-refractivity contribution < 1.29 is 28.2 Å². The lowest BCUT2D eigenvalue weighted by Crippen LogP contribution is -2.24. The monoisotopic (exact) mass is 168 g/mol. The Balaban J connectivity index is 3.93. The molecule has 0 aliphatic rings. The molecule has 1 atom stereocenters. The van der Waals surface area contributed by atoms with E-state index < -0.39 is 24.5 Å². The van der Waals surface area contributed by atoms with Crippen LogP contribution in [0.5, 0.6) is 0 Å². The second kappa shape index (κ2) is 3.85. The van der Waals surface area contributed by atoms with E-state index in [4.69, 9.17) is 5.11 Å². The lowest BCUT2D eigenvalue weighted by atomic mass is 10.2. The van der Waals surface area contributed by atoms with Gasteiger partial charge in [-0.1, -0.05) is 0 Å². The largest absolute Gasteiger partial charge is 0.481 e. The second-order valence-corrected chi connectivity index (χ2v) is 1.76. The third-order valence-electron chi connectivity index (χ3n) is 0.929. The number of hydrogen-bond acceptors (Lipinski definition) is 3. The standard InChI is InChI=1S/C5H6F2O4/c1-2(3(8)9)4(10)11-5(6)7/h2,5H,1H3,(H,8,9). The molecule has 1 N–H and O–H groups in total. The number of carboxylic acid groups (broad SMARTS) is 1. The maximum Gasteiger partial charge on any atom is 0.389 e. The Morgan fingerprint density at radius 2 is 1.91 bits per heavy atom. The number of ether oxygens (including phenoxy) is 1. The number of aliphatic carboxylic acids is 1. The fraction of sp³-hybridized carbons (Fsp3) is 0.600. The maximum atomic E-state index is 11.3. The SMILES string of the molecule is CC(C(=O)O)C(=O)OC(F)F. The molecule has 0 aliphatic heterocycles. The van der Waals surface area contributed by atoms with E-state index in [1.54, 1.807) is 0 Å². The highest BCUT2D eigenvalue weighted by atomic mass is 19.3. The normalized spacial score (nSPS) is 12.7. The van der Waals surface area contributed by atoms with Crippen LogP contribution in [-0.4, -0.2) is 23.7 Å². The van der Waals surface area contributed by atoms with E-state index >= 15 is 0 Å². The third-order valence-corrected chi connectivity index (χ3v) is 0.929. The Morgan fingerprint density at radius 3 is 2.18 bits per heavy atom. The Bertz CT molecular complexity index is 168. The first-order chi connectivity index (χ1) is 4.95. The molecule has 6 heteroatoms. The van der Waals surface area contributed by atoms with Crippen LogP contribution in [0, 0.1) is 5.92 Å². The molecule has 0 aromatic carbocycles. The van der Waals surface area contributed by atoms with E-state index in [-0.39, 0.29) is 0 Å². The summed E-state index contributed by atoms with van der Waals surface area (Å²) in [6.45, 7) is -2.29. The summed E-state index contributed by atoms with van der Waals surface area (Å²) >= 11 is 0. The van der Waals surface area contributed by atoms with Crippen LogP contribution in [0.1, 0.15) is 6.92 Å². The van der Waals surface area contributed by atoms with Crippen molar-refractivity contribution >= 4 is 11.9 Å². The molecule has 64 valence electrons. The molecule has 4 nitrogen and oxygen atoms in total. The molecular weight excluding hydrogens is 162 g/mol. The zero-order valence-corrected chi connectivity index (χ0v) is 5.58. The van der Waals surface area contributed by atoms with Gasteiger partial charge in [0, 0.05) is 0 Å². The molecule has 0 saturated carbocycles. The van der Waals surface area contributed by atoms with Gasteiger partial charge in [0.25, 0.3) is 0 Å². The van der Waals surface area contributed by atoms with Crippen molar-refractivity contribution in [1.29, 1.82) is 0 Å². The van der Waals surface area contributed by atoms with E-state index in [9.17, 15) is 18.4 Å². The smallest absolute Gasteiger partial charge is 0.389 e. The van der Waals surface area contributed by atoms with E-state index in [2.05, 4.69) is 4.74 Å². The van der Waals surface area contributed by atoms with E-state index in [0.717, 1.165) is 6.92 Å². The number of carboxylic acids is 1. The van der Waals surface area contributed by atoms with Crippen LogP contribution in [0.15, 0.2) is 0 Å². The average Bonchev–Trinajstić information content (AvgIpc) is 1.84. The second-order valence-electron chi connectivity index (χ2n) is 1.76. The highest BCUT2D eigenvalue weighted by Crippen LogP contribution is 2.03. The van der Waals surface area contributed by atoms with Crippen LogP contribution in [0.4, 0.5) is 8.78 Å². The minimum atomic E-state index is -3.26. The molecule has 0 amide bonds.